The second-order valence-corrected chi connectivity index (χ2v) is 8.95. The lowest BCUT2D eigenvalue weighted by Gasteiger charge is -2.09. The molecule has 7 nitrogen and oxygen atoms in total. The molecule has 0 fully saturated rings. The summed E-state index contributed by atoms with van der Waals surface area (Å²) in [5.74, 6) is 1.18. The molecule has 4 rings (SSSR count). The summed E-state index contributed by atoms with van der Waals surface area (Å²) in [5, 5.41) is 6.19. The molecule has 1 heterocycles. The highest BCUT2D eigenvalue weighted by Gasteiger charge is 2.10. The van der Waals surface area contributed by atoms with Gasteiger partial charge < -0.3 is 20.1 Å². The van der Waals surface area contributed by atoms with Crippen LogP contribution < -0.4 is 20.1 Å². The van der Waals surface area contributed by atoms with Gasteiger partial charge in [-0.05, 0) is 48.5 Å². The quantitative estimate of drug-likeness (QED) is 0.327. The van der Waals surface area contributed by atoms with Crippen LogP contribution in [0.15, 0.2) is 77.7 Å². The molecule has 0 unspecified atom stereocenters. The highest BCUT2D eigenvalue weighted by Crippen LogP contribution is 2.29. The summed E-state index contributed by atoms with van der Waals surface area (Å²) in [5.41, 5.74) is 1.45. The number of aromatic nitrogens is 1. The number of amides is 2. The molecular weight excluding hydrogens is 458 g/mol. The minimum absolute atomic E-state index is 0.0855. The molecule has 2 N–H and O–H groups in total. The first-order chi connectivity index (χ1) is 16.1. The van der Waals surface area contributed by atoms with E-state index in [0.29, 0.717) is 16.6 Å². The summed E-state index contributed by atoms with van der Waals surface area (Å²) in [7, 11) is 1.61. The average Bonchev–Trinajstić information content (AvgIpc) is 3.23. The number of carbonyl (C=O) groups is 2. The van der Waals surface area contributed by atoms with Crippen LogP contribution >= 0.6 is 23.1 Å². The summed E-state index contributed by atoms with van der Waals surface area (Å²) in [6.45, 7) is -0.0855. The second kappa shape index (κ2) is 10.8. The highest BCUT2D eigenvalue weighted by atomic mass is 32.2. The minimum Gasteiger partial charge on any atom is -0.497 e. The predicted molar refractivity (Wildman–Crippen MR) is 133 cm³/mol. The third-order valence-electron chi connectivity index (χ3n) is 4.44. The van der Waals surface area contributed by atoms with Gasteiger partial charge >= 0.3 is 0 Å². The van der Waals surface area contributed by atoms with E-state index in [0.717, 1.165) is 20.9 Å². The normalized spacial score (nSPS) is 10.6. The van der Waals surface area contributed by atoms with Gasteiger partial charge in [0.25, 0.3) is 5.91 Å². The van der Waals surface area contributed by atoms with E-state index >= 15 is 0 Å². The number of thioether (sulfide) groups is 1. The van der Waals surface area contributed by atoms with E-state index in [4.69, 9.17) is 9.47 Å². The molecule has 0 aliphatic carbocycles. The summed E-state index contributed by atoms with van der Waals surface area (Å²) in [6.07, 6.45) is 0. The monoisotopic (exact) mass is 479 g/mol. The fourth-order valence-electron chi connectivity index (χ4n) is 2.92. The Balaban J connectivity index is 1.27. The van der Waals surface area contributed by atoms with Crippen LogP contribution in [0.25, 0.3) is 10.2 Å². The van der Waals surface area contributed by atoms with Gasteiger partial charge in [0, 0.05) is 10.6 Å². The van der Waals surface area contributed by atoms with Gasteiger partial charge in [0.05, 0.1) is 23.1 Å². The van der Waals surface area contributed by atoms with E-state index in [1.165, 1.54) is 23.1 Å². The lowest BCUT2D eigenvalue weighted by molar-refractivity contribution is -0.118. The van der Waals surface area contributed by atoms with Crippen LogP contribution in [0.3, 0.4) is 0 Å². The van der Waals surface area contributed by atoms with Crippen molar-refractivity contribution >= 4 is 55.9 Å². The highest BCUT2D eigenvalue weighted by molar-refractivity contribution is 8.00. The molecule has 0 aliphatic heterocycles. The van der Waals surface area contributed by atoms with Gasteiger partial charge in [-0.15, -0.1) is 11.8 Å². The number of nitrogens with zero attached hydrogens (tertiary/aromatic N) is 1. The first kappa shape index (κ1) is 22.6. The number of rotatable bonds is 9. The number of carbonyl (C=O) groups excluding carboxylic acids is 2. The summed E-state index contributed by atoms with van der Waals surface area (Å²) >= 11 is 2.77. The maximum atomic E-state index is 12.4. The van der Waals surface area contributed by atoms with Gasteiger partial charge in [-0.25, -0.2) is 4.98 Å². The van der Waals surface area contributed by atoms with Gasteiger partial charge in [0.2, 0.25) is 5.91 Å². The van der Waals surface area contributed by atoms with E-state index in [1.54, 1.807) is 25.3 Å². The van der Waals surface area contributed by atoms with Gasteiger partial charge in [-0.3, -0.25) is 9.59 Å². The van der Waals surface area contributed by atoms with Crippen molar-refractivity contribution in [2.45, 2.75) is 4.90 Å². The van der Waals surface area contributed by atoms with Crippen LogP contribution in [-0.2, 0) is 9.59 Å². The molecule has 9 heteroatoms. The molecule has 168 valence electrons. The fourth-order valence-corrected chi connectivity index (χ4v) is 4.58. The second-order valence-electron chi connectivity index (χ2n) is 6.87. The van der Waals surface area contributed by atoms with Crippen LogP contribution in [0, 0.1) is 0 Å². The van der Waals surface area contributed by atoms with Crippen LogP contribution in [0.1, 0.15) is 0 Å². The molecule has 3 aromatic carbocycles. The number of anilines is 2. The molecule has 0 bridgehead atoms. The molecule has 0 saturated carbocycles. The Hall–Kier alpha value is -3.56. The van der Waals surface area contributed by atoms with E-state index in [2.05, 4.69) is 15.6 Å². The lowest BCUT2D eigenvalue weighted by Crippen LogP contribution is -2.20. The number of para-hydroxylation sites is 1. The topological polar surface area (TPSA) is 89.5 Å². The van der Waals surface area contributed by atoms with Crippen molar-refractivity contribution in [1.82, 2.24) is 4.98 Å². The number of thiazole rings is 1. The number of benzene rings is 3. The number of hydrogen-bond donors (Lipinski definition) is 2. The standard InChI is InChI=1S/C24H21N3O4S2/c1-30-18-10-11-20-21(13-18)33-24(26-20)27-23(29)15-32-19-9-5-6-16(12-19)25-22(28)14-31-17-7-3-2-4-8-17/h2-13H,14-15H2,1H3,(H,25,28)(H,26,27,29). The third kappa shape index (κ3) is 6.47. The summed E-state index contributed by atoms with van der Waals surface area (Å²) < 4.78 is 11.6. The molecule has 0 aliphatic rings. The van der Waals surface area contributed by atoms with Gasteiger partial charge in [0.1, 0.15) is 11.5 Å². The van der Waals surface area contributed by atoms with Crippen molar-refractivity contribution in [1.29, 1.82) is 0 Å². The van der Waals surface area contributed by atoms with Crippen molar-refractivity contribution in [3.8, 4) is 11.5 Å². The number of hydrogen-bond acceptors (Lipinski definition) is 7. The Morgan fingerprint density at radius 1 is 0.939 bits per heavy atom. The SMILES string of the molecule is COc1ccc2nc(NC(=O)CSc3cccc(NC(=O)COc4ccccc4)c3)sc2c1. The van der Waals surface area contributed by atoms with E-state index in [9.17, 15) is 9.59 Å². The van der Waals surface area contributed by atoms with Crippen molar-refractivity contribution in [2.75, 3.05) is 30.1 Å². The Morgan fingerprint density at radius 3 is 2.61 bits per heavy atom. The largest absolute Gasteiger partial charge is 0.497 e. The van der Waals surface area contributed by atoms with E-state index in [1.807, 2.05) is 54.6 Å². The fraction of sp³-hybridized carbons (Fsp3) is 0.125. The summed E-state index contributed by atoms with van der Waals surface area (Å²) in [6, 6.07) is 22.1. The minimum atomic E-state index is -0.258. The molecule has 0 radical (unpaired) electrons. The molecule has 0 saturated heterocycles. The van der Waals surface area contributed by atoms with Crippen LogP contribution in [-0.4, -0.2) is 36.3 Å². The zero-order valence-corrected chi connectivity index (χ0v) is 19.4. The zero-order chi connectivity index (χ0) is 23.0. The molecular formula is C24H21N3O4S2. The molecule has 33 heavy (non-hydrogen) atoms. The maximum Gasteiger partial charge on any atom is 0.262 e. The summed E-state index contributed by atoms with van der Waals surface area (Å²) in [4.78, 5) is 29.8. The van der Waals surface area contributed by atoms with Crippen LogP contribution in [0.5, 0.6) is 11.5 Å². The van der Waals surface area contributed by atoms with Gasteiger partial charge in [0.15, 0.2) is 11.7 Å². The number of nitrogens with one attached hydrogen (secondary N) is 2. The van der Waals surface area contributed by atoms with Gasteiger partial charge in [-0.2, -0.15) is 0 Å². The van der Waals surface area contributed by atoms with Crippen molar-refractivity contribution in [3.05, 3.63) is 72.8 Å². The molecule has 4 aromatic rings. The lowest BCUT2D eigenvalue weighted by atomic mass is 10.3. The predicted octanol–water partition coefficient (Wildman–Crippen LogP) is 5.05. The van der Waals surface area contributed by atoms with Crippen LogP contribution in [0.4, 0.5) is 10.8 Å². The first-order valence-corrected chi connectivity index (χ1v) is 11.8. The zero-order valence-electron chi connectivity index (χ0n) is 17.7. The van der Waals surface area contributed by atoms with E-state index < -0.39 is 0 Å². The Bertz CT molecular complexity index is 1260. The first-order valence-electron chi connectivity index (χ1n) is 10.0. The van der Waals surface area contributed by atoms with E-state index in [-0.39, 0.29) is 24.2 Å². The third-order valence-corrected chi connectivity index (χ3v) is 6.37. The van der Waals surface area contributed by atoms with Crippen molar-refractivity contribution in [3.63, 3.8) is 0 Å². The van der Waals surface area contributed by atoms with Crippen molar-refractivity contribution < 1.29 is 19.1 Å². The Labute approximate surface area is 199 Å². The molecule has 1 aromatic heterocycles. The Kier molecular flexibility index (Phi) is 7.43. The molecule has 0 atom stereocenters. The van der Waals surface area contributed by atoms with Gasteiger partial charge in [-0.1, -0.05) is 35.6 Å². The number of methoxy groups -OCH3 is 1. The van der Waals surface area contributed by atoms with Crippen molar-refractivity contribution in [2.24, 2.45) is 0 Å². The van der Waals surface area contributed by atoms with Crippen LogP contribution in [0.2, 0.25) is 0 Å². The number of ether oxygens (including phenoxy) is 2. The molecule has 0 spiro atoms. The molecule has 2 amide bonds. The maximum absolute atomic E-state index is 12.4. The smallest absolute Gasteiger partial charge is 0.262 e. The Morgan fingerprint density at radius 2 is 1.79 bits per heavy atom. The average molecular weight is 480 g/mol. The number of fused-ring (bicyclic) bond motifs is 1.